The highest BCUT2D eigenvalue weighted by atomic mass is 35.5. The first-order valence-electron chi connectivity index (χ1n) is 6.69. The van der Waals surface area contributed by atoms with Gasteiger partial charge < -0.3 is 10.6 Å². The Morgan fingerprint density at radius 1 is 1.09 bits per heavy atom. The number of halogens is 2. The Morgan fingerprint density at radius 3 is 2.39 bits per heavy atom. The summed E-state index contributed by atoms with van der Waals surface area (Å²) < 4.78 is 0. The maximum Gasteiger partial charge on any atom is 0.261 e. The van der Waals surface area contributed by atoms with E-state index in [0.29, 0.717) is 31.4 Å². The van der Waals surface area contributed by atoms with E-state index < -0.39 is 0 Å². The van der Waals surface area contributed by atoms with Crippen molar-refractivity contribution < 1.29 is 4.79 Å². The monoisotopic (exact) mass is 366 g/mol. The Balaban J connectivity index is 2.29. The predicted octanol–water partition coefficient (Wildman–Crippen LogP) is 4.07. The molecule has 0 bridgehead atoms. The summed E-state index contributed by atoms with van der Waals surface area (Å²) in [4.78, 5) is 22.1. The fraction of sp³-hybridized carbons (Fsp3) is 0.133. The molecule has 0 aliphatic heterocycles. The molecule has 0 radical (unpaired) electrons. The Labute approximate surface area is 146 Å². The number of anilines is 1. The topological polar surface area (TPSA) is 66.9 Å². The number of aromatic nitrogens is 2. The van der Waals surface area contributed by atoms with Gasteiger partial charge in [0.25, 0.3) is 5.91 Å². The largest absolute Gasteiger partial charge is 0.357 e. The van der Waals surface area contributed by atoms with Crippen LogP contribution in [0.4, 0.5) is 5.95 Å². The fourth-order valence-electron chi connectivity index (χ4n) is 2.18. The zero-order chi connectivity index (χ0) is 16.6. The summed E-state index contributed by atoms with van der Waals surface area (Å²) in [6, 6.07) is 7.01. The minimum absolute atomic E-state index is 0.158. The SMILES string of the molecule is CNC(=O)c1cc2c(-c3cc(Cl)cc(Cl)c3)nc(NC)nc2s1. The number of carbonyl (C=O) groups is 1. The molecular formula is C15H12Cl2N4OS. The summed E-state index contributed by atoms with van der Waals surface area (Å²) in [6.07, 6.45) is 0. The molecule has 0 saturated carbocycles. The molecule has 2 N–H and O–H groups in total. The smallest absolute Gasteiger partial charge is 0.261 e. The summed E-state index contributed by atoms with van der Waals surface area (Å²) >= 11 is 13.5. The van der Waals surface area contributed by atoms with Gasteiger partial charge in [0.15, 0.2) is 0 Å². The zero-order valence-electron chi connectivity index (χ0n) is 12.3. The van der Waals surface area contributed by atoms with Gasteiger partial charge in [-0.15, -0.1) is 11.3 Å². The van der Waals surface area contributed by atoms with Crippen LogP contribution in [0.25, 0.3) is 21.5 Å². The van der Waals surface area contributed by atoms with Gasteiger partial charge in [-0.05, 0) is 24.3 Å². The van der Waals surface area contributed by atoms with Gasteiger partial charge in [-0.3, -0.25) is 4.79 Å². The van der Waals surface area contributed by atoms with Crippen LogP contribution in [0.5, 0.6) is 0 Å². The Hall–Kier alpha value is -1.89. The first kappa shape index (κ1) is 16.0. The zero-order valence-corrected chi connectivity index (χ0v) is 14.6. The second-order valence-electron chi connectivity index (χ2n) is 4.71. The van der Waals surface area contributed by atoms with Gasteiger partial charge in [-0.25, -0.2) is 9.97 Å². The molecule has 0 aliphatic carbocycles. The van der Waals surface area contributed by atoms with E-state index in [0.717, 1.165) is 10.9 Å². The summed E-state index contributed by atoms with van der Waals surface area (Å²) in [5.41, 5.74) is 1.45. The number of carbonyl (C=O) groups excluding carboxylic acids is 1. The van der Waals surface area contributed by atoms with Crippen molar-refractivity contribution in [3.63, 3.8) is 0 Å². The molecule has 0 unspecified atom stereocenters. The minimum atomic E-state index is -0.158. The quantitative estimate of drug-likeness (QED) is 0.733. The molecule has 3 aromatic rings. The van der Waals surface area contributed by atoms with Crippen LogP contribution >= 0.6 is 34.5 Å². The lowest BCUT2D eigenvalue weighted by molar-refractivity contribution is 0.0967. The number of fused-ring (bicyclic) bond motifs is 1. The van der Waals surface area contributed by atoms with Crippen molar-refractivity contribution in [2.75, 3.05) is 19.4 Å². The highest BCUT2D eigenvalue weighted by Crippen LogP contribution is 2.35. The Kier molecular flexibility index (Phi) is 4.39. The van der Waals surface area contributed by atoms with Crippen molar-refractivity contribution in [1.82, 2.24) is 15.3 Å². The van der Waals surface area contributed by atoms with E-state index in [-0.39, 0.29) is 5.91 Å². The lowest BCUT2D eigenvalue weighted by Gasteiger charge is -2.07. The molecule has 8 heteroatoms. The molecule has 2 heterocycles. The molecule has 0 aliphatic rings. The van der Waals surface area contributed by atoms with Crippen molar-refractivity contribution >= 4 is 56.6 Å². The second kappa shape index (κ2) is 6.31. The van der Waals surface area contributed by atoms with E-state index in [9.17, 15) is 4.79 Å². The van der Waals surface area contributed by atoms with E-state index >= 15 is 0 Å². The van der Waals surface area contributed by atoms with E-state index in [1.807, 2.05) is 0 Å². The van der Waals surface area contributed by atoms with Crippen LogP contribution < -0.4 is 10.6 Å². The van der Waals surface area contributed by atoms with Crippen molar-refractivity contribution in [3.05, 3.63) is 39.2 Å². The Bertz CT molecular complexity index is 890. The third-order valence-corrected chi connectivity index (χ3v) is 4.67. The minimum Gasteiger partial charge on any atom is -0.357 e. The first-order chi connectivity index (χ1) is 11.0. The lowest BCUT2D eigenvalue weighted by atomic mass is 10.1. The van der Waals surface area contributed by atoms with Crippen LogP contribution in [0.2, 0.25) is 10.0 Å². The van der Waals surface area contributed by atoms with Crippen LogP contribution in [0, 0.1) is 0 Å². The molecule has 1 amide bonds. The molecule has 2 aromatic heterocycles. The van der Waals surface area contributed by atoms with Gasteiger partial charge in [-0.1, -0.05) is 23.2 Å². The maximum atomic E-state index is 11.9. The number of amides is 1. The van der Waals surface area contributed by atoms with Crippen LogP contribution in [0.1, 0.15) is 9.67 Å². The van der Waals surface area contributed by atoms with Gasteiger partial charge in [-0.2, -0.15) is 0 Å². The van der Waals surface area contributed by atoms with Crippen molar-refractivity contribution in [2.24, 2.45) is 0 Å². The van der Waals surface area contributed by atoms with Crippen LogP contribution in [-0.4, -0.2) is 30.0 Å². The van der Waals surface area contributed by atoms with Gasteiger partial charge in [0, 0.05) is 35.1 Å². The van der Waals surface area contributed by atoms with Crippen molar-refractivity contribution in [3.8, 4) is 11.3 Å². The van der Waals surface area contributed by atoms with Gasteiger partial charge in [0.2, 0.25) is 5.95 Å². The molecule has 5 nitrogen and oxygen atoms in total. The highest BCUT2D eigenvalue weighted by molar-refractivity contribution is 7.20. The number of thiophene rings is 1. The highest BCUT2D eigenvalue weighted by Gasteiger charge is 2.16. The van der Waals surface area contributed by atoms with Crippen molar-refractivity contribution in [2.45, 2.75) is 0 Å². The summed E-state index contributed by atoms with van der Waals surface area (Å²) in [6.45, 7) is 0. The summed E-state index contributed by atoms with van der Waals surface area (Å²) in [7, 11) is 3.33. The molecule has 3 rings (SSSR count). The standard InChI is InChI=1S/C15H12Cl2N4OS/c1-18-13(22)11-6-10-12(7-3-8(16)5-9(17)4-7)20-15(19-2)21-14(10)23-11/h3-6H,1-2H3,(H,18,22)(H,19,20,21). The number of nitrogens with one attached hydrogen (secondary N) is 2. The van der Waals surface area contributed by atoms with E-state index in [4.69, 9.17) is 23.2 Å². The molecule has 1 aromatic carbocycles. The molecule has 118 valence electrons. The molecular weight excluding hydrogens is 355 g/mol. The number of rotatable bonds is 3. The number of nitrogens with zero attached hydrogens (tertiary/aromatic N) is 2. The summed E-state index contributed by atoms with van der Waals surface area (Å²) in [5, 5.41) is 7.37. The summed E-state index contributed by atoms with van der Waals surface area (Å²) in [5.74, 6) is 0.308. The van der Waals surface area contributed by atoms with Crippen molar-refractivity contribution in [1.29, 1.82) is 0 Å². The number of benzene rings is 1. The average Bonchev–Trinajstić information content (AvgIpc) is 2.96. The van der Waals surface area contributed by atoms with Gasteiger partial charge >= 0.3 is 0 Å². The average molecular weight is 367 g/mol. The molecule has 0 saturated heterocycles. The second-order valence-corrected chi connectivity index (χ2v) is 6.62. The molecule has 0 atom stereocenters. The molecule has 0 spiro atoms. The van der Waals surface area contributed by atoms with E-state index in [1.165, 1.54) is 11.3 Å². The van der Waals surface area contributed by atoms with Crippen LogP contribution in [-0.2, 0) is 0 Å². The normalized spacial score (nSPS) is 10.8. The van der Waals surface area contributed by atoms with Gasteiger partial charge in [0.05, 0.1) is 10.6 Å². The fourth-order valence-corrected chi connectivity index (χ4v) is 3.68. The lowest BCUT2D eigenvalue weighted by Crippen LogP contribution is -2.15. The number of hydrogen-bond acceptors (Lipinski definition) is 5. The third kappa shape index (κ3) is 3.10. The van der Waals surface area contributed by atoms with Crippen LogP contribution in [0.3, 0.4) is 0 Å². The van der Waals surface area contributed by atoms with E-state index in [2.05, 4.69) is 20.6 Å². The van der Waals surface area contributed by atoms with Gasteiger partial charge in [0.1, 0.15) is 4.83 Å². The first-order valence-corrected chi connectivity index (χ1v) is 8.27. The maximum absolute atomic E-state index is 11.9. The molecule has 23 heavy (non-hydrogen) atoms. The number of hydrogen-bond donors (Lipinski definition) is 2. The van der Waals surface area contributed by atoms with E-state index in [1.54, 1.807) is 38.4 Å². The Morgan fingerprint density at radius 2 is 1.78 bits per heavy atom. The molecule has 0 fully saturated rings. The third-order valence-electron chi connectivity index (χ3n) is 3.20. The van der Waals surface area contributed by atoms with Crippen LogP contribution in [0.15, 0.2) is 24.3 Å². The predicted molar refractivity (Wildman–Crippen MR) is 95.8 cm³/mol.